The fourth-order valence-electron chi connectivity index (χ4n) is 5.15. The Hall–Kier alpha value is -4.79. The highest BCUT2D eigenvalue weighted by molar-refractivity contribution is 5.89. The number of fused-ring (bicyclic) bond motifs is 2. The number of pyridine rings is 1. The van der Waals surface area contributed by atoms with E-state index in [0.29, 0.717) is 35.4 Å². The van der Waals surface area contributed by atoms with Gasteiger partial charge in [-0.1, -0.05) is 50.3 Å². The average Bonchev–Trinajstić information content (AvgIpc) is 2.98. The highest BCUT2D eigenvalue weighted by atomic mass is 19.4. The summed E-state index contributed by atoms with van der Waals surface area (Å²) in [5.41, 5.74) is -1.21. The molecule has 5 rings (SSSR count). The molecule has 0 atom stereocenters. The Morgan fingerprint density at radius 3 is 2.17 bits per heavy atom. The average molecular weight is 664 g/mol. The smallest absolute Gasteiger partial charge is 0.429 e. The molecule has 2 nitrogen and oxygen atoms in total. The van der Waals surface area contributed by atoms with Crippen molar-refractivity contribution in [1.29, 1.82) is 0 Å². The number of hydrogen-bond acceptors (Lipinski definition) is 2. The zero-order valence-corrected chi connectivity index (χ0v) is 24.4. The van der Waals surface area contributed by atoms with E-state index in [0.717, 1.165) is 37.7 Å². The van der Waals surface area contributed by atoms with E-state index in [4.69, 9.17) is 0 Å². The molecule has 0 aliphatic heterocycles. The SMILES string of the molecule is CCCCCCc1ccc(-c2ccc3c(F)c(C(F)(F)Oc4cc(F)c5c(F)c(C#CC(F)(F)F)c(F)cc5c4)c(F)cc3c2)nc1. The number of benzene rings is 4. The monoisotopic (exact) mass is 663 g/mol. The Labute approximate surface area is 262 Å². The maximum atomic E-state index is 15.4. The normalized spacial score (nSPS) is 12.0. The van der Waals surface area contributed by atoms with E-state index in [1.165, 1.54) is 24.1 Å². The summed E-state index contributed by atoms with van der Waals surface area (Å²) in [6, 6.07) is 9.38. The molecule has 12 heteroatoms. The van der Waals surface area contributed by atoms with Crippen LogP contribution in [0.4, 0.5) is 43.9 Å². The Morgan fingerprint density at radius 2 is 1.49 bits per heavy atom. The van der Waals surface area contributed by atoms with Crippen LogP contribution in [0.3, 0.4) is 0 Å². The minimum atomic E-state index is -5.11. The van der Waals surface area contributed by atoms with E-state index in [1.807, 2.05) is 6.07 Å². The van der Waals surface area contributed by atoms with E-state index < -0.39 is 69.0 Å². The number of aryl methyl sites for hydroxylation is 1. The van der Waals surface area contributed by atoms with Gasteiger partial charge < -0.3 is 4.74 Å². The van der Waals surface area contributed by atoms with Gasteiger partial charge in [-0.3, -0.25) is 4.98 Å². The molecule has 5 aromatic rings. The molecule has 0 radical (unpaired) electrons. The molecule has 0 aliphatic carbocycles. The fourth-order valence-corrected chi connectivity index (χ4v) is 5.15. The van der Waals surface area contributed by atoms with Gasteiger partial charge in [-0.2, -0.15) is 22.0 Å². The predicted molar refractivity (Wildman–Crippen MR) is 156 cm³/mol. The van der Waals surface area contributed by atoms with Crippen molar-refractivity contribution in [2.24, 2.45) is 0 Å². The van der Waals surface area contributed by atoms with Crippen molar-refractivity contribution in [3.63, 3.8) is 0 Å². The van der Waals surface area contributed by atoms with Gasteiger partial charge in [0.15, 0.2) is 5.82 Å². The molecule has 0 amide bonds. The van der Waals surface area contributed by atoms with Gasteiger partial charge in [0.2, 0.25) is 0 Å². The number of nitrogens with zero attached hydrogens (tertiary/aromatic N) is 1. The summed E-state index contributed by atoms with van der Waals surface area (Å²) in [4.78, 5) is 4.41. The third kappa shape index (κ3) is 7.29. The van der Waals surface area contributed by atoms with Crippen LogP contribution in [-0.4, -0.2) is 11.2 Å². The molecule has 0 N–H and O–H groups in total. The summed E-state index contributed by atoms with van der Waals surface area (Å²) in [5, 5.41) is -2.24. The fraction of sp³-hybridized carbons (Fsp3) is 0.229. The molecular weight excluding hydrogens is 640 g/mol. The van der Waals surface area contributed by atoms with E-state index in [1.54, 1.807) is 12.3 Å². The second-order valence-corrected chi connectivity index (χ2v) is 10.8. The van der Waals surface area contributed by atoms with Crippen LogP contribution in [0.5, 0.6) is 5.75 Å². The van der Waals surface area contributed by atoms with Crippen molar-refractivity contribution in [2.45, 2.75) is 51.3 Å². The van der Waals surface area contributed by atoms with E-state index >= 15 is 17.6 Å². The number of alkyl halides is 5. The summed E-state index contributed by atoms with van der Waals surface area (Å²) < 4.78 is 147. The second-order valence-electron chi connectivity index (χ2n) is 10.8. The van der Waals surface area contributed by atoms with Gasteiger partial charge in [-0.15, -0.1) is 0 Å². The summed E-state index contributed by atoms with van der Waals surface area (Å²) in [6.45, 7) is 2.12. The van der Waals surface area contributed by atoms with E-state index in [2.05, 4.69) is 16.6 Å². The molecule has 0 fully saturated rings. The lowest BCUT2D eigenvalue weighted by Crippen LogP contribution is -2.25. The van der Waals surface area contributed by atoms with Crippen molar-refractivity contribution in [3.05, 3.63) is 107 Å². The van der Waals surface area contributed by atoms with Crippen molar-refractivity contribution < 1.29 is 48.6 Å². The van der Waals surface area contributed by atoms with Crippen LogP contribution in [-0.2, 0) is 12.5 Å². The largest absolute Gasteiger partial charge is 0.458 e. The number of unbranched alkanes of at least 4 members (excludes halogenated alkanes) is 3. The Morgan fingerprint density at radius 1 is 0.745 bits per heavy atom. The number of ether oxygens (including phenoxy) is 1. The molecule has 0 unspecified atom stereocenters. The van der Waals surface area contributed by atoms with Gasteiger partial charge in [0.25, 0.3) is 0 Å². The first-order valence-electron chi connectivity index (χ1n) is 14.3. The topological polar surface area (TPSA) is 22.1 Å². The van der Waals surface area contributed by atoms with Crippen LogP contribution < -0.4 is 4.74 Å². The zero-order valence-electron chi connectivity index (χ0n) is 24.4. The second kappa shape index (κ2) is 13.1. The van der Waals surface area contributed by atoms with Crippen LogP contribution in [0.1, 0.15) is 49.3 Å². The predicted octanol–water partition coefficient (Wildman–Crippen LogP) is 10.9. The molecule has 0 aliphatic rings. The number of hydrogen-bond donors (Lipinski definition) is 0. The van der Waals surface area contributed by atoms with Crippen LogP contribution in [0.25, 0.3) is 32.8 Å². The standard InChI is InChI=1S/C35H23F10NO/c1-2-3-4-5-6-19-7-10-29(46-18-19)20-8-9-24-21(13-20)15-28(38)31(33(24)40)35(44,45)47-23-14-22-16-26(36)25(11-12-34(41,42)43)32(39)30(22)27(37)17-23/h7-10,13-18H,2-6H2,1H3. The van der Waals surface area contributed by atoms with E-state index in [-0.39, 0.29) is 16.8 Å². The van der Waals surface area contributed by atoms with Crippen LogP contribution in [0.15, 0.2) is 60.8 Å². The first-order chi connectivity index (χ1) is 22.2. The highest BCUT2D eigenvalue weighted by Gasteiger charge is 2.42. The maximum absolute atomic E-state index is 15.4. The Kier molecular flexibility index (Phi) is 9.39. The van der Waals surface area contributed by atoms with Gasteiger partial charge in [-0.25, -0.2) is 22.0 Å². The summed E-state index contributed by atoms with van der Waals surface area (Å²) >= 11 is 0. The summed E-state index contributed by atoms with van der Waals surface area (Å²) in [7, 11) is 0. The van der Waals surface area contributed by atoms with Gasteiger partial charge in [0.05, 0.1) is 16.6 Å². The molecular formula is C35H23F10NO. The minimum absolute atomic E-state index is 0.0605. The summed E-state index contributed by atoms with van der Waals surface area (Å²) in [6.07, 6.45) is -2.96. The molecule has 0 bridgehead atoms. The van der Waals surface area contributed by atoms with Crippen LogP contribution in [0.2, 0.25) is 0 Å². The third-order valence-electron chi connectivity index (χ3n) is 7.39. The minimum Gasteiger partial charge on any atom is -0.429 e. The van der Waals surface area contributed by atoms with Crippen LogP contribution in [0, 0.1) is 40.9 Å². The van der Waals surface area contributed by atoms with Gasteiger partial charge in [0, 0.05) is 29.1 Å². The first kappa shape index (κ1) is 33.6. The molecule has 47 heavy (non-hydrogen) atoms. The molecule has 1 heterocycles. The first-order valence-corrected chi connectivity index (χ1v) is 14.3. The van der Waals surface area contributed by atoms with Crippen LogP contribution >= 0.6 is 0 Å². The van der Waals surface area contributed by atoms with Gasteiger partial charge in [-0.05, 0) is 59.5 Å². The van der Waals surface area contributed by atoms with Gasteiger partial charge in [0.1, 0.15) is 34.6 Å². The number of rotatable bonds is 9. The molecule has 4 aromatic carbocycles. The number of halogens is 10. The molecule has 1 aromatic heterocycles. The summed E-state index contributed by atoms with van der Waals surface area (Å²) in [5.74, 6) is -7.64. The van der Waals surface area contributed by atoms with Crippen molar-refractivity contribution >= 4 is 21.5 Å². The zero-order chi connectivity index (χ0) is 34.1. The lowest BCUT2D eigenvalue weighted by molar-refractivity contribution is -0.189. The molecule has 0 saturated carbocycles. The Balaban J connectivity index is 1.44. The van der Waals surface area contributed by atoms with Crippen molar-refractivity contribution in [3.8, 4) is 28.8 Å². The maximum Gasteiger partial charge on any atom is 0.458 e. The lowest BCUT2D eigenvalue weighted by atomic mass is 10.00. The van der Waals surface area contributed by atoms with Gasteiger partial charge >= 0.3 is 12.3 Å². The highest BCUT2D eigenvalue weighted by Crippen LogP contribution is 2.40. The van der Waals surface area contributed by atoms with E-state index in [9.17, 15) is 26.3 Å². The lowest BCUT2D eigenvalue weighted by Gasteiger charge is -2.21. The quantitative estimate of drug-likeness (QED) is 0.0890. The van der Waals surface area contributed by atoms with Crippen molar-refractivity contribution in [2.75, 3.05) is 0 Å². The third-order valence-corrected chi connectivity index (χ3v) is 7.39. The number of aromatic nitrogens is 1. The van der Waals surface area contributed by atoms with Crippen molar-refractivity contribution in [1.82, 2.24) is 4.98 Å². The Bertz CT molecular complexity index is 2030. The molecule has 244 valence electrons. The molecule has 0 spiro atoms. The molecule has 0 saturated heterocycles.